The van der Waals surface area contributed by atoms with E-state index in [-0.39, 0.29) is 12.0 Å². The van der Waals surface area contributed by atoms with E-state index in [1.807, 2.05) is 11.8 Å². The number of nitrogens with zero attached hydrogens (tertiary/aromatic N) is 2. The van der Waals surface area contributed by atoms with E-state index < -0.39 is 0 Å². The molecule has 1 rings (SSSR count). The van der Waals surface area contributed by atoms with E-state index in [1.54, 1.807) is 0 Å². The Balaban J connectivity index is 2.55. The van der Waals surface area contributed by atoms with E-state index in [1.165, 1.54) is 0 Å². The Kier molecular flexibility index (Phi) is 6.12. The van der Waals surface area contributed by atoms with Gasteiger partial charge in [-0.2, -0.15) is 11.8 Å². The smallest absolute Gasteiger partial charge is 0.191 e. The molecule has 0 atom stereocenters. The van der Waals surface area contributed by atoms with Crippen molar-refractivity contribution in [3.8, 4) is 0 Å². The SMILES string of the molecule is CCC(CC)(CO)CN=C(N)N1CCSCC1. The van der Waals surface area contributed by atoms with E-state index in [4.69, 9.17) is 5.73 Å². The highest BCUT2D eigenvalue weighted by atomic mass is 32.2. The van der Waals surface area contributed by atoms with Crippen molar-refractivity contribution in [3.63, 3.8) is 0 Å². The minimum Gasteiger partial charge on any atom is -0.396 e. The fraction of sp³-hybridized carbons (Fsp3) is 0.917. The normalized spacial score (nSPS) is 18.5. The fourth-order valence-electron chi connectivity index (χ4n) is 1.89. The lowest BCUT2D eigenvalue weighted by molar-refractivity contribution is 0.123. The number of aliphatic imine (C=N–C) groups is 1. The van der Waals surface area contributed by atoms with Gasteiger partial charge in [0.2, 0.25) is 0 Å². The van der Waals surface area contributed by atoms with Gasteiger partial charge in [-0.1, -0.05) is 13.8 Å². The average molecular weight is 259 g/mol. The summed E-state index contributed by atoms with van der Waals surface area (Å²) in [5.41, 5.74) is 5.92. The van der Waals surface area contributed by atoms with Crippen LogP contribution in [0.15, 0.2) is 4.99 Å². The number of guanidine groups is 1. The van der Waals surface area contributed by atoms with Crippen LogP contribution in [0.2, 0.25) is 0 Å². The molecule has 1 fully saturated rings. The van der Waals surface area contributed by atoms with Crippen LogP contribution in [0.1, 0.15) is 26.7 Å². The Morgan fingerprint density at radius 1 is 1.35 bits per heavy atom. The lowest BCUT2D eigenvalue weighted by Gasteiger charge is -2.30. The molecular weight excluding hydrogens is 234 g/mol. The quantitative estimate of drug-likeness (QED) is 0.574. The molecule has 100 valence electrons. The van der Waals surface area contributed by atoms with Gasteiger partial charge in [-0.25, -0.2) is 0 Å². The molecule has 0 aromatic carbocycles. The number of rotatable bonds is 5. The largest absolute Gasteiger partial charge is 0.396 e. The van der Waals surface area contributed by atoms with Gasteiger partial charge in [0.1, 0.15) is 0 Å². The molecule has 0 saturated carbocycles. The molecule has 1 heterocycles. The monoisotopic (exact) mass is 259 g/mol. The number of nitrogens with two attached hydrogens (primary N) is 1. The summed E-state index contributed by atoms with van der Waals surface area (Å²) < 4.78 is 0. The molecule has 0 aromatic rings. The number of thioether (sulfide) groups is 1. The second-order valence-electron chi connectivity index (χ2n) is 4.64. The van der Waals surface area contributed by atoms with Crippen LogP contribution >= 0.6 is 11.8 Å². The molecule has 0 unspecified atom stereocenters. The molecule has 0 radical (unpaired) electrons. The van der Waals surface area contributed by atoms with Gasteiger partial charge in [0.05, 0.1) is 13.2 Å². The molecule has 4 nitrogen and oxygen atoms in total. The van der Waals surface area contributed by atoms with Gasteiger partial charge in [-0.15, -0.1) is 0 Å². The Morgan fingerprint density at radius 2 is 1.94 bits per heavy atom. The first-order valence-corrected chi connectivity index (χ1v) is 7.56. The van der Waals surface area contributed by atoms with Crippen LogP contribution in [0.25, 0.3) is 0 Å². The summed E-state index contributed by atoms with van der Waals surface area (Å²) in [6, 6.07) is 0. The van der Waals surface area contributed by atoms with Crippen molar-refractivity contribution in [1.82, 2.24) is 4.90 Å². The third-order valence-corrected chi connectivity index (χ3v) is 4.69. The zero-order chi connectivity index (χ0) is 12.7. The highest BCUT2D eigenvalue weighted by molar-refractivity contribution is 7.99. The van der Waals surface area contributed by atoms with Gasteiger partial charge in [0.15, 0.2) is 5.96 Å². The van der Waals surface area contributed by atoms with Crippen molar-refractivity contribution in [2.75, 3.05) is 37.7 Å². The lowest BCUT2D eigenvalue weighted by Crippen LogP contribution is -2.43. The summed E-state index contributed by atoms with van der Waals surface area (Å²) >= 11 is 1.96. The number of aliphatic hydroxyl groups is 1. The zero-order valence-corrected chi connectivity index (χ0v) is 11.8. The summed E-state index contributed by atoms with van der Waals surface area (Å²) in [6.45, 7) is 7.00. The van der Waals surface area contributed by atoms with Crippen molar-refractivity contribution in [2.24, 2.45) is 16.1 Å². The van der Waals surface area contributed by atoms with Crippen LogP contribution in [0.3, 0.4) is 0 Å². The van der Waals surface area contributed by atoms with Crippen LogP contribution in [0.5, 0.6) is 0 Å². The zero-order valence-electron chi connectivity index (χ0n) is 11.0. The van der Waals surface area contributed by atoms with E-state index in [2.05, 4.69) is 23.7 Å². The van der Waals surface area contributed by atoms with Crippen LogP contribution < -0.4 is 5.73 Å². The van der Waals surface area contributed by atoms with Gasteiger partial charge >= 0.3 is 0 Å². The predicted octanol–water partition coefficient (Wildman–Crippen LogP) is 1.15. The maximum Gasteiger partial charge on any atom is 0.191 e. The maximum absolute atomic E-state index is 9.47. The van der Waals surface area contributed by atoms with Crippen LogP contribution in [0.4, 0.5) is 0 Å². The topological polar surface area (TPSA) is 61.9 Å². The number of hydrogen-bond acceptors (Lipinski definition) is 3. The van der Waals surface area contributed by atoms with Gasteiger partial charge in [-0.3, -0.25) is 4.99 Å². The van der Waals surface area contributed by atoms with Crippen LogP contribution in [-0.4, -0.2) is 53.7 Å². The molecule has 1 aliphatic rings. The summed E-state index contributed by atoms with van der Waals surface area (Å²) in [6.07, 6.45) is 1.87. The minimum atomic E-state index is -0.0881. The second kappa shape index (κ2) is 7.11. The molecule has 0 spiro atoms. The standard InChI is InChI=1S/C12H25N3OS/c1-3-12(4-2,10-16)9-14-11(13)15-5-7-17-8-6-15/h16H,3-10H2,1-2H3,(H2,13,14). The average Bonchev–Trinajstić information content (AvgIpc) is 2.41. The Labute approximate surface area is 109 Å². The van der Waals surface area contributed by atoms with Crippen molar-refractivity contribution in [3.05, 3.63) is 0 Å². The highest BCUT2D eigenvalue weighted by Gasteiger charge is 2.25. The summed E-state index contributed by atoms with van der Waals surface area (Å²) in [5.74, 6) is 2.90. The first-order chi connectivity index (χ1) is 8.17. The van der Waals surface area contributed by atoms with E-state index in [9.17, 15) is 5.11 Å². The maximum atomic E-state index is 9.47. The fourth-order valence-corrected chi connectivity index (χ4v) is 2.79. The Morgan fingerprint density at radius 3 is 2.41 bits per heavy atom. The molecule has 0 aromatic heterocycles. The third kappa shape index (κ3) is 4.07. The summed E-state index contributed by atoms with van der Waals surface area (Å²) in [7, 11) is 0. The van der Waals surface area contributed by atoms with Crippen LogP contribution in [0, 0.1) is 5.41 Å². The van der Waals surface area contributed by atoms with Crippen LogP contribution in [-0.2, 0) is 0 Å². The van der Waals surface area contributed by atoms with Crippen molar-refractivity contribution in [2.45, 2.75) is 26.7 Å². The van der Waals surface area contributed by atoms with Gasteiger partial charge in [-0.05, 0) is 12.8 Å². The molecule has 0 aliphatic carbocycles. The number of hydrogen-bond donors (Lipinski definition) is 2. The summed E-state index contributed by atoms with van der Waals surface area (Å²) in [4.78, 5) is 6.63. The first kappa shape index (κ1) is 14.6. The van der Waals surface area contributed by atoms with Crippen molar-refractivity contribution in [1.29, 1.82) is 0 Å². The minimum absolute atomic E-state index is 0.0881. The van der Waals surface area contributed by atoms with Gasteiger partial charge < -0.3 is 15.7 Å². The van der Waals surface area contributed by atoms with E-state index >= 15 is 0 Å². The molecule has 17 heavy (non-hydrogen) atoms. The van der Waals surface area contributed by atoms with Gasteiger partial charge in [0.25, 0.3) is 0 Å². The first-order valence-electron chi connectivity index (χ1n) is 6.41. The van der Waals surface area contributed by atoms with E-state index in [0.29, 0.717) is 12.5 Å². The highest BCUT2D eigenvalue weighted by Crippen LogP contribution is 2.25. The molecule has 1 saturated heterocycles. The van der Waals surface area contributed by atoms with Crippen molar-refractivity contribution < 1.29 is 5.11 Å². The molecule has 5 heteroatoms. The van der Waals surface area contributed by atoms with E-state index in [0.717, 1.165) is 37.4 Å². The Bertz CT molecular complexity index is 240. The molecule has 1 aliphatic heterocycles. The number of aliphatic hydroxyl groups excluding tert-OH is 1. The summed E-state index contributed by atoms with van der Waals surface area (Å²) in [5, 5.41) is 9.47. The Hall–Kier alpha value is -0.420. The lowest BCUT2D eigenvalue weighted by atomic mass is 9.83. The predicted molar refractivity (Wildman–Crippen MR) is 75.5 cm³/mol. The van der Waals surface area contributed by atoms with Crippen molar-refractivity contribution >= 4 is 17.7 Å². The molecule has 0 bridgehead atoms. The van der Waals surface area contributed by atoms with Gasteiger partial charge in [0, 0.05) is 30.0 Å². The molecule has 0 amide bonds. The molecular formula is C12H25N3OS. The second-order valence-corrected chi connectivity index (χ2v) is 5.86. The third-order valence-electron chi connectivity index (χ3n) is 3.75. The molecule has 3 N–H and O–H groups in total.